The van der Waals surface area contributed by atoms with Gasteiger partial charge in [0.2, 0.25) is 5.03 Å². The van der Waals surface area contributed by atoms with E-state index in [1.54, 1.807) is 26.4 Å². The van der Waals surface area contributed by atoms with E-state index in [9.17, 15) is 8.42 Å². The SMILES string of the molecule is CNCCOC1c2ccccc2N(C)S(=O)(=O)c2nn(C)cc21. The number of likely N-dealkylation sites (N-methyl/N-ethyl adjacent to an activating group) is 1. The molecule has 1 N–H and O–H groups in total. The van der Waals surface area contributed by atoms with Crippen LogP contribution in [0.5, 0.6) is 0 Å². The number of para-hydroxylation sites is 1. The van der Waals surface area contributed by atoms with Gasteiger partial charge in [-0.3, -0.25) is 8.99 Å². The summed E-state index contributed by atoms with van der Waals surface area (Å²) in [4.78, 5) is 0. The Hall–Kier alpha value is -1.90. The number of rotatable bonds is 4. The van der Waals surface area contributed by atoms with E-state index in [0.717, 1.165) is 5.56 Å². The van der Waals surface area contributed by atoms with Crippen molar-refractivity contribution in [2.75, 3.05) is 31.6 Å². The van der Waals surface area contributed by atoms with E-state index in [4.69, 9.17) is 4.74 Å². The molecule has 3 rings (SSSR count). The van der Waals surface area contributed by atoms with Crippen LogP contribution in [0, 0.1) is 0 Å². The maximum Gasteiger partial charge on any atom is 0.283 e. The van der Waals surface area contributed by atoms with Gasteiger partial charge in [0.25, 0.3) is 10.0 Å². The molecule has 0 aliphatic carbocycles. The van der Waals surface area contributed by atoms with Crippen LogP contribution >= 0.6 is 0 Å². The fourth-order valence-electron chi connectivity index (χ4n) is 2.75. The molecule has 1 aliphatic rings. The highest BCUT2D eigenvalue weighted by Crippen LogP contribution is 2.41. The molecule has 0 fully saturated rings. The molecule has 0 amide bonds. The molecule has 0 saturated carbocycles. The summed E-state index contributed by atoms with van der Waals surface area (Å²) in [6.07, 6.45) is 1.25. The van der Waals surface area contributed by atoms with E-state index in [2.05, 4.69) is 10.4 Å². The second-order valence-electron chi connectivity index (χ2n) is 5.45. The number of nitrogens with zero attached hydrogens (tertiary/aromatic N) is 3. The Bertz CT molecular complexity index is 816. The van der Waals surface area contributed by atoms with Gasteiger partial charge in [-0.25, -0.2) is 0 Å². The van der Waals surface area contributed by atoms with Crippen LogP contribution in [0.3, 0.4) is 0 Å². The highest BCUT2D eigenvalue weighted by molar-refractivity contribution is 7.92. The Morgan fingerprint density at radius 2 is 2.00 bits per heavy atom. The molecular formula is C15H20N4O3S. The summed E-state index contributed by atoms with van der Waals surface area (Å²) in [7, 11) is 1.39. The molecule has 124 valence electrons. The molecule has 0 saturated heterocycles. The predicted octanol–water partition coefficient (Wildman–Crippen LogP) is 0.884. The van der Waals surface area contributed by atoms with E-state index < -0.39 is 16.1 Å². The number of fused-ring (bicyclic) bond motifs is 2. The molecule has 0 radical (unpaired) electrons. The first kappa shape index (κ1) is 16.0. The lowest BCUT2D eigenvalue weighted by Crippen LogP contribution is -2.27. The van der Waals surface area contributed by atoms with Crippen LogP contribution in [-0.4, -0.2) is 45.4 Å². The molecule has 0 spiro atoms. The molecule has 2 aromatic rings. The highest BCUT2D eigenvalue weighted by atomic mass is 32.2. The first-order valence-corrected chi connectivity index (χ1v) is 8.78. The lowest BCUT2D eigenvalue weighted by Gasteiger charge is -2.21. The molecule has 0 bridgehead atoms. The highest BCUT2D eigenvalue weighted by Gasteiger charge is 2.37. The van der Waals surface area contributed by atoms with Crippen LogP contribution in [0.25, 0.3) is 0 Å². The van der Waals surface area contributed by atoms with Gasteiger partial charge in [-0.2, -0.15) is 13.5 Å². The minimum Gasteiger partial charge on any atom is -0.367 e. The summed E-state index contributed by atoms with van der Waals surface area (Å²) in [5.41, 5.74) is 2.00. The minimum absolute atomic E-state index is 0.0492. The fraction of sp³-hybridized carbons (Fsp3) is 0.400. The Morgan fingerprint density at radius 3 is 2.74 bits per heavy atom. The molecule has 1 aromatic carbocycles. The van der Waals surface area contributed by atoms with Gasteiger partial charge in [-0.1, -0.05) is 18.2 Å². The van der Waals surface area contributed by atoms with Gasteiger partial charge in [-0.15, -0.1) is 0 Å². The average molecular weight is 336 g/mol. The second-order valence-corrected chi connectivity index (χ2v) is 7.33. The zero-order chi connectivity index (χ0) is 16.6. The number of aromatic nitrogens is 2. The van der Waals surface area contributed by atoms with Crippen molar-refractivity contribution in [3.8, 4) is 0 Å². The number of anilines is 1. The Morgan fingerprint density at radius 1 is 1.26 bits per heavy atom. The summed E-state index contributed by atoms with van der Waals surface area (Å²) < 4.78 is 34.5. The predicted molar refractivity (Wildman–Crippen MR) is 87.0 cm³/mol. The zero-order valence-corrected chi connectivity index (χ0v) is 14.2. The van der Waals surface area contributed by atoms with Crippen molar-refractivity contribution in [1.29, 1.82) is 0 Å². The number of sulfonamides is 1. The van der Waals surface area contributed by atoms with Gasteiger partial charge in [0.15, 0.2) is 0 Å². The van der Waals surface area contributed by atoms with Crippen LogP contribution in [-0.2, 0) is 21.8 Å². The lowest BCUT2D eigenvalue weighted by molar-refractivity contribution is 0.0819. The first-order valence-electron chi connectivity index (χ1n) is 7.34. The van der Waals surface area contributed by atoms with Crippen LogP contribution in [0.1, 0.15) is 17.2 Å². The summed E-state index contributed by atoms with van der Waals surface area (Å²) in [5.74, 6) is 0. The zero-order valence-electron chi connectivity index (χ0n) is 13.4. The van der Waals surface area contributed by atoms with E-state index >= 15 is 0 Å². The number of hydrogen-bond acceptors (Lipinski definition) is 5. The number of aryl methyl sites for hydroxylation is 1. The van der Waals surface area contributed by atoms with Crippen molar-refractivity contribution in [2.24, 2.45) is 7.05 Å². The van der Waals surface area contributed by atoms with Gasteiger partial charge >= 0.3 is 0 Å². The number of benzene rings is 1. The molecule has 2 heterocycles. The summed E-state index contributed by atoms with van der Waals surface area (Å²) in [6.45, 7) is 1.14. The molecule has 1 atom stereocenters. The van der Waals surface area contributed by atoms with Crippen molar-refractivity contribution < 1.29 is 13.2 Å². The Labute approximate surface area is 135 Å². The summed E-state index contributed by atoms with van der Waals surface area (Å²) in [5, 5.41) is 7.24. The molecule has 23 heavy (non-hydrogen) atoms. The minimum atomic E-state index is -3.71. The van der Waals surface area contributed by atoms with E-state index in [1.165, 1.54) is 8.99 Å². The van der Waals surface area contributed by atoms with Gasteiger partial charge in [-0.05, 0) is 13.1 Å². The normalized spacial score (nSPS) is 19.1. The van der Waals surface area contributed by atoms with Gasteiger partial charge in [0, 0.05) is 38.0 Å². The maximum absolute atomic E-state index is 12.9. The summed E-state index contributed by atoms with van der Waals surface area (Å²) in [6, 6.07) is 7.38. The smallest absolute Gasteiger partial charge is 0.283 e. The third-order valence-corrected chi connectivity index (χ3v) is 5.63. The summed E-state index contributed by atoms with van der Waals surface area (Å²) >= 11 is 0. The van der Waals surface area contributed by atoms with Crippen LogP contribution in [0.15, 0.2) is 35.5 Å². The monoisotopic (exact) mass is 336 g/mol. The largest absolute Gasteiger partial charge is 0.367 e. The van der Waals surface area contributed by atoms with E-state index in [1.807, 2.05) is 25.2 Å². The second kappa shape index (κ2) is 5.95. The maximum atomic E-state index is 12.9. The van der Waals surface area contributed by atoms with Crippen molar-refractivity contribution in [3.63, 3.8) is 0 Å². The molecule has 1 unspecified atom stereocenters. The third kappa shape index (κ3) is 2.62. The Balaban J connectivity index is 2.21. The van der Waals surface area contributed by atoms with Gasteiger partial charge in [0.1, 0.15) is 6.10 Å². The molecular weight excluding hydrogens is 316 g/mol. The van der Waals surface area contributed by atoms with Crippen LogP contribution in [0.4, 0.5) is 5.69 Å². The molecule has 1 aromatic heterocycles. The van der Waals surface area contributed by atoms with Gasteiger partial charge < -0.3 is 10.1 Å². The fourth-order valence-corrected chi connectivity index (χ4v) is 4.12. The number of hydrogen-bond donors (Lipinski definition) is 1. The van der Waals surface area contributed by atoms with E-state index in [-0.39, 0.29) is 5.03 Å². The number of ether oxygens (including phenoxy) is 1. The van der Waals surface area contributed by atoms with Crippen molar-refractivity contribution in [1.82, 2.24) is 15.1 Å². The van der Waals surface area contributed by atoms with Crippen LogP contribution < -0.4 is 9.62 Å². The topological polar surface area (TPSA) is 76.5 Å². The number of nitrogens with one attached hydrogen (secondary N) is 1. The Kier molecular flexibility index (Phi) is 4.13. The first-order chi connectivity index (χ1) is 11.0. The van der Waals surface area contributed by atoms with E-state index in [0.29, 0.717) is 24.4 Å². The van der Waals surface area contributed by atoms with Gasteiger partial charge in [0.05, 0.1) is 12.3 Å². The van der Waals surface area contributed by atoms with Crippen molar-refractivity contribution in [2.45, 2.75) is 11.1 Å². The van der Waals surface area contributed by atoms with Crippen molar-refractivity contribution >= 4 is 15.7 Å². The van der Waals surface area contributed by atoms with Crippen LogP contribution in [0.2, 0.25) is 0 Å². The molecule has 8 heteroatoms. The third-order valence-electron chi connectivity index (χ3n) is 3.90. The quantitative estimate of drug-likeness (QED) is 0.839. The van der Waals surface area contributed by atoms with Crippen molar-refractivity contribution in [3.05, 3.63) is 41.6 Å². The standard InChI is InChI=1S/C15H20N4O3S/c1-16-8-9-22-14-11-6-4-5-7-13(11)19(3)23(20,21)15-12(14)10-18(2)17-15/h4-7,10,14,16H,8-9H2,1-3H3. The average Bonchev–Trinajstić information content (AvgIpc) is 2.91. The molecule has 1 aliphatic heterocycles. The lowest BCUT2D eigenvalue weighted by atomic mass is 10.0. The molecule has 7 nitrogen and oxygen atoms in total.